The van der Waals surface area contributed by atoms with Gasteiger partial charge in [-0.25, -0.2) is 4.98 Å². The molecule has 2 rings (SSSR count). The Bertz CT molecular complexity index is 463. The molecular formula is C16H26N2O2S. The van der Waals surface area contributed by atoms with Gasteiger partial charge in [0.05, 0.1) is 18.7 Å². The van der Waals surface area contributed by atoms with E-state index in [0.717, 1.165) is 22.1 Å². The van der Waals surface area contributed by atoms with Gasteiger partial charge in [-0.15, -0.1) is 11.3 Å². The molecule has 1 aliphatic rings. The number of carbonyl (C=O) groups is 1. The van der Waals surface area contributed by atoms with Gasteiger partial charge in [-0.3, -0.25) is 9.69 Å². The summed E-state index contributed by atoms with van der Waals surface area (Å²) in [4.78, 5) is 19.2. The van der Waals surface area contributed by atoms with Crippen LogP contribution in [-0.2, 0) is 17.8 Å². The highest BCUT2D eigenvalue weighted by Gasteiger charge is 2.17. The van der Waals surface area contributed by atoms with Crippen LogP contribution < -0.4 is 0 Å². The SMILES string of the molecule is CC(C)c1nc(CN2CCCCCC2)sc1CCC(=O)O. The maximum atomic E-state index is 10.8. The fourth-order valence-corrected chi connectivity index (χ4v) is 4.08. The molecule has 2 heterocycles. The molecule has 0 amide bonds. The van der Waals surface area contributed by atoms with E-state index in [2.05, 4.69) is 18.7 Å². The van der Waals surface area contributed by atoms with E-state index in [0.29, 0.717) is 12.3 Å². The standard InChI is InChI=1S/C16H26N2O2S/c1-12(2)16-13(7-8-15(19)20)21-14(17-16)11-18-9-5-3-4-6-10-18/h12H,3-11H2,1-2H3,(H,19,20). The Labute approximate surface area is 131 Å². The topological polar surface area (TPSA) is 53.4 Å². The summed E-state index contributed by atoms with van der Waals surface area (Å²) in [6.07, 6.45) is 6.07. The lowest BCUT2D eigenvalue weighted by atomic mass is 10.1. The number of carboxylic acids is 1. The molecule has 0 aliphatic carbocycles. The zero-order valence-electron chi connectivity index (χ0n) is 13.1. The molecule has 0 unspecified atom stereocenters. The monoisotopic (exact) mass is 310 g/mol. The lowest BCUT2D eigenvalue weighted by Gasteiger charge is -2.17. The molecule has 1 aliphatic heterocycles. The zero-order valence-corrected chi connectivity index (χ0v) is 13.9. The molecule has 1 N–H and O–H groups in total. The van der Waals surface area contributed by atoms with Gasteiger partial charge in [-0.05, 0) is 38.3 Å². The van der Waals surface area contributed by atoms with E-state index in [4.69, 9.17) is 10.1 Å². The molecule has 0 bridgehead atoms. The Balaban J connectivity index is 2.04. The van der Waals surface area contributed by atoms with Crippen LogP contribution in [0.15, 0.2) is 0 Å². The fraction of sp³-hybridized carbons (Fsp3) is 0.750. The van der Waals surface area contributed by atoms with Crippen LogP contribution in [0.4, 0.5) is 0 Å². The summed E-state index contributed by atoms with van der Waals surface area (Å²) in [5, 5.41) is 10.0. The number of hydrogen-bond donors (Lipinski definition) is 1. The highest BCUT2D eigenvalue weighted by atomic mass is 32.1. The third-order valence-corrected chi connectivity index (χ3v) is 5.06. The van der Waals surface area contributed by atoms with Crippen molar-refractivity contribution in [2.24, 2.45) is 0 Å². The normalized spacial score (nSPS) is 17.1. The van der Waals surface area contributed by atoms with Crippen molar-refractivity contribution in [1.82, 2.24) is 9.88 Å². The van der Waals surface area contributed by atoms with Crippen molar-refractivity contribution in [3.8, 4) is 0 Å². The second-order valence-electron chi connectivity index (χ2n) is 6.15. The van der Waals surface area contributed by atoms with E-state index in [1.54, 1.807) is 11.3 Å². The minimum absolute atomic E-state index is 0.199. The maximum absolute atomic E-state index is 10.8. The van der Waals surface area contributed by atoms with Crippen molar-refractivity contribution < 1.29 is 9.90 Å². The van der Waals surface area contributed by atoms with Crippen LogP contribution in [0, 0.1) is 0 Å². The second kappa shape index (κ2) is 7.90. The van der Waals surface area contributed by atoms with Crippen molar-refractivity contribution in [1.29, 1.82) is 0 Å². The molecule has 4 nitrogen and oxygen atoms in total. The number of aliphatic carboxylic acids is 1. The van der Waals surface area contributed by atoms with Gasteiger partial charge >= 0.3 is 5.97 Å². The maximum Gasteiger partial charge on any atom is 0.303 e. The quantitative estimate of drug-likeness (QED) is 0.871. The van der Waals surface area contributed by atoms with E-state index in [-0.39, 0.29) is 6.42 Å². The molecule has 0 atom stereocenters. The summed E-state index contributed by atoms with van der Waals surface area (Å²) in [6, 6.07) is 0. The third kappa shape index (κ3) is 5.08. The first-order valence-corrected chi connectivity index (χ1v) is 8.80. The third-order valence-electron chi connectivity index (χ3n) is 3.94. The van der Waals surface area contributed by atoms with Gasteiger partial charge < -0.3 is 5.11 Å². The van der Waals surface area contributed by atoms with E-state index in [9.17, 15) is 4.79 Å². The number of aromatic nitrogens is 1. The Morgan fingerprint density at radius 3 is 2.52 bits per heavy atom. The molecule has 0 saturated carbocycles. The minimum Gasteiger partial charge on any atom is -0.481 e. The minimum atomic E-state index is -0.729. The average Bonchev–Trinajstić information content (AvgIpc) is 2.64. The lowest BCUT2D eigenvalue weighted by molar-refractivity contribution is -0.136. The smallest absolute Gasteiger partial charge is 0.303 e. The van der Waals surface area contributed by atoms with Crippen LogP contribution in [0.1, 0.15) is 67.4 Å². The number of likely N-dealkylation sites (tertiary alicyclic amines) is 1. The van der Waals surface area contributed by atoms with Gasteiger partial charge in [0.15, 0.2) is 0 Å². The van der Waals surface area contributed by atoms with E-state index < -0.39 is 5.97 Å². The molecule has 1 saturated heterocycles. The van der Waals surface area contributed by atoms with Crippen LogP contribution in [0.25, 0.3) is 0 Å². The molecule has 1 aromatic rings. The summed E-state index contributed by atoms with van der Waals surface area (Å²) in [5.41, 5.74) is 1.10. The molecule has 5 heteroatoms. The highest BCUT2D eigenvalue weighted by Crippen LogP contribution is 2.27. The van der Waals surface area contributed by atoms with E-state index in [1.165, 1.54) is 38.8 Å². The Kier molecular flexibility index (Phi) is 6.18. The number of carboxylic acid groups (broad SMARTS) is 1. The van der Waals surface area contributed by atoms with Crippen molar-refractivity contribution in [2.75, 3.05) is 13.1 Å². The van der Waals surface area contributed by atoms with Gasteiger partial charge in [0.1, 0.15) is 5.01 Å². The molecule has 118 valence electrons. The number of hydrogen-bond acceptors (Lipinski definition) is 4. The van der Waals surface area contributed by atoms with E-state index >= 15 is 0 Å². The van der Waals surface area contributed by atoms with Gasteiger partial charge in [0.2, 0.25) is 0 Å². The summed E-state index contributed by atoms with van der Waals surface area (Å²) < 4.78 is 0. The molecule has 1 fully saturated rings. The zero-order chi connectivity index (χ0) is 15.2. The van der Waals surface area contributed by atoms with Gasteiger partial charge in [0.25, 0.3) is 0 Å². The number of nitrogens with zero attached hydrogens (tertiary/aromatic N) is 2. The highest BCUT2D eigenvalue weighted by molar-refractivity contribution is 7.11. The van der Waals surface area contributed by atoms with Crippen LogP contribution in [-0.4, -0.2) is 34.0 Å². The number of aryl methyl sites for hydroxylation is 1. The predicted molar refractivity (Wildman–Crippen MR) is 85.9 cm³/mol. The van der Waals surface area contributed by atoms with Crippen molar-refractivity contribution in [3.05, 3.63) is 15.6 Å². The molecule has 21 heavy (non-hydrogen) atoms. The summed E-state index contributed by atoms with van der Waals surface area (Å²) in [7, 11) is 0. The fourth-order valence-electron chi connectivity index (χ4n) is 2.82. The Morgan fingerprint density at radius 1 is 1.29 bits per heavy atom. The number of thiazole rings is 1. The summed E-state index contributed by atoms with van der Waals surface area (Å²) in [6.45, 7) is 7.53. The van der Waals surface area contributed by atoms with Crippen LogP contribution in [0.3, 0.4) is 0 Å². The molecule has 1 aromatic heterocycles. The van der Waals surface area contributed by atoms with Crippen molar-refractivity contribution in [2.45, 2.75) is 64.8 Å². The lowest BCUT2D eigenvalue weighted by Crippen LogP contribution is -2.23. The van der Waals surface area contributed by atoms with Crippen LogP contribution in [0.2, 0.25) is 0 Å². The number of rotatable bonds is 6. The molecule has 0 spiro atoms. The van der Waals surface area contributed by atoms with Crippen LogP contribution >= 0.6 is 11.3 Å². The van der Waals surface area contributed by atoms with Crippen LogP contribution in [0.5, 0.6) is 0 Å². The largest absolute Gasteiger partial charge is 0.481 e. The first-order valence-electron chi connectivity index (χ1n) is 7.99. The van der Waals surface area contributed by atoms with Gasteiger partial charge in [0, 0.05) is 4.88 Å². The molecular weight excluding hydrogens is 284 g/mol. The molecule has 0 aromatic carbocycles. The van der Waals surface area contributed by atoms with Gasteiger partial charge in [-0.2, -0.15) is 0 Å². The summed E-state index contributed by atoms with van der Waals surface area (Å²) in [5.74, 6) is -0.366. The average molecular weight is 310 g/mol. The van der Waals surface area contributed by atoms with Gasteiger partial charge in [-0.1, -0.05) is 26.7 Å². The first kappa shape index (κ1) is 16.4. The Hall–Kier alpha value is -0.940. The molecule has 0 radical (unpaired) electrons. The summed E-state index contributed by atoms with van der Waals surface area (Å²) >= 11 is 1.71. The second-order valence-corrected chi connectivity index (χ2v) is 7.32. The van der Waals surface area contributed by atoms with Crippen molar-refractivity contribution in [3.63, 3.8) is 0 Å². The first-order chi connectivity index (χ1) is 10.1. The Morgan fingerprint density at radius 2 is 1.95 bits per heavy atom. The van der Waals surface area contributed by atoms with Crippen molar-refractivity contribution >= 4 is 17.3 Å². The predicted octanol–water partition coefficient (Wildman–Crippen LogP) is 3.66. The van der Waals surface area contributed by atoms with E-state index in [1.807, 2.05) is 0 Å².